The minimum Gasteiger partial charge on any atom is -0.460 e. The number of hydrogen-bond acceptors (Lipinski definition) is 8. The fourth-order valence-electron chi connectivity index (χ4n) is 2.68. The molecule has 1 saturated heterocycles. The molecule has 0 amide bonds. The van der Waals surface area contributed by atoms with Crippen molar-refractivity contribution < 1.29 is 27.5 Å². The zero-order chi connectivity index (χ0) is 22.4. The molecular formula is C19H19F3N6O3. The van der Waals surface area contributed by atoms with E-state index in [1.165, 1.54) is 18.5 Å². The number of hydrogen-bond donors (Lipinski definition) is 2. The molecule has 12 heteroatoms. The van der Waals surface area contributed by atoms with Crippen molar-refractivity contribution in [1.29, 1.82) is 5.41 Å². The number of oxime groups is 1. The van der Waals surface area contributed by atoms with Crippen molar-refractivity contribution in [2.75, 3.05) is 24.6 Å². The van der Waals surface area contributed by atoms with E-state index in [1.807, 2.05) is 0 Å². The molecule has 1 aliphatic rings. The van der Waals surface area contributed by atoms with E-state index in [2.05, 4.69) is 20.0 Å². The molecule has 9 nitrogen and oxygen atoms in total. The third kappa shape index (κ3) is 5.90. The lowest BCUT2D eigenvalue weighted by Gasteiger charge is -2.31. The molecule has 0 spiro atoms. The van der Waals surface area contributed by atoms with Gasteiger partial charge in [0.05, 0.1) is 18.8 Å². The maximum absolute atomic E-state index is 14.8. The molecular weight excluding hydrogens is 417 g/mol. The Balaban J connectivity index is 1.61. The van der Waals surface area contributed by atoms with Crippen molar-refractivity contribution in [2.45, 2.75) is 19.5 Å². The first-order valence-electron chi connectivity index (χ1n) is 9.12. The second kappa shape index (κ2) is 9.87. The minimum absolute atomic E-state index is 0.158. The first kappa shape index (κ1) is 22.0. The number of carbonyl (C=O) groups is 1. The zero-order valence-electron chi connectivity index (χ0n) is 16.2. The van der Waals surface area contributed by atoms with Crippen LogP contribution in [0, 0.1) is 11.2 Å². The van der Waals surface area contributed by atoms with Gasteiger partial charge in [0.2, 0.25) is 5.95 Å². The van der Waals surface area contributed by atoms with E-state index in [9.17, 15) is 18.0 Å². The predicted octanol–water partition coefficient (Wildman–Crippen LogP) is 2.11. The minimum atomic E-state index is -2.58. The smallest absolute Gasteiger partial charge is 0.313 e. The van der Waals surface area contributed by atoms with Crippen molar-refractivity contribution in [1.82, 2.24) is 9.97 Å². The molecule has 1 aliphatic heterocycles. The molecule has 1 fully saturated rings. The summed E-state index contributed by atoms with van der Waals surface area (Å²) in [5.41, 5.74) is 6.54. The molecule has 0 aliphatic carbocycles. The Hall–Kier alpha value is -3.70. The van der Waals surface area contributed by atoms with E-state index in [0.717, 1.165) is 0 Å². The monoisotopic (exact) mass is 436 g/mol. The average Bonchev–Trinajstić information content (AvgIpc) is 2.68. The largest absolute Gasteiger partial charge is 0.460 e. The van der Waals surface area contributed by atoms with E-state index in [0.29, 0.717) is 30.3 Å². The first-order valence-corrected chi connectivity index (χ1v) is 9.12. The molecule has 0 saturated carbocycles. The van der Waals surface area contributed by atoms with Crippen LogP contribution in [-0.2, 0) is 21.0 Å². The Morgan fingerprint density at radius 1 is 1.29 bits per heavy atom. The van der Waals surface area contributed by atoms with Crippen molar-refractivity contribution in [2.24, 2.45) is 10.9 Å². The third-order valence-electron chi connectivity index (χ3n) is 4.18. The molecule has 0 bridgehead atoms. The second-order valence-corrected chi connectivity index (χ2v) is 6.61. The van der Waals surface area contributed by atoms with Gasteiger partial charge in [0.15, 0.2) is 6.61 Å². The molecule has 1 aromatic heterocycles. The molecule has 3 N–H and O–H groups in total. The average molecular weight is 436 g/mol. The summed E-state index contributed by atoms with van der Waals surface area (Å²) in [5, 5.41) is 10.7. The molecule has 31 heavy (non-hydrogen) atoms. The molecule has 164 valence electrons. The molecule has 0 unspecified atom stereocenters. The van der Waals surface area contributed by atoms with E-state index in [-0.39, 0.29) is 30.0 Å². The lowest BCUT2D eigenvalue weighted by molar-refractivity contribution is -0.143. The van der Waals surface area contributed by atoms with Crippen molar-refractivity contribution >= 4 is 23.5 Å². The van der Waals surface area contributed by atoms with Gasteiger partial charge in [-0.05, 0) is 0 Å². The summed E-state index contributed by atoms with van der Waals surface area (Å²) in [6.07, 6.45) is -0.0377. The van der Waals surface area contributed by atoms with Gasteiger partial charge in [-0.1, -0.05) is 23.4 Å². The second-order valence-electron chi connectivity index (χ2n) is 6.61. The van der Waals surface area contributed by atoms with Gasteiger partial charge in [0.25, 0.3) is 6.43 Å². The van der Waals surface area contributed by atoms with Crippen LogP contribution in [0.2, 0.25) is 0 Å². The maximum Gasteiger partial charge on any atom is 0.313 e. The number of nitrogens with zero attached hydrogens (tertiary/aromatic N) is 4. The van der Waals surface area contributed by atoms with Crippen LogP contribution in [0.15, 0.2) is 35.7 Å². The summed E-state index contributed by atoms with van der Waals surface area (Å²) in [6, 6.07) is 4.63. The Labute approximate surface area is 175 Å². The molecule has 1 aromatic carbocycles. The van der Waals surface area contributed by atoms with Gasteiger partial charge in [-0.25, -0.2) is 23.1 Å². The number of anilines is 1. The molecule has 2 aromatic rings. The summed E-state index contributed by atoms with van der Waals surface area (Å²) in [6.45, 7) is -0.361. The van der Waals surface area contributed by atoms with Gasteiger partial charge < -0.3 is 20.2 Å². The van der Waals surface area contributed by atoms with Crippen LogP contribution in [-0.4, -0.2) is 53.6 Å². The highest BCUT2D eigenvalue weighted by Gasteiger charge is 2.25. The molecule has 0 atom stereocenters. The van der Waals surface area contributed by atoms with Crippen LogP contribution in [0.4, 0.5) is 19.1 Å². The van der Waals surface area contributed by atoms with Crippen LogP contribution >= 0.6 is 0 Å². The summed E-state index contributed by atoms with van der Waals surface area (Å²) in [5.74, 6) is -1.25. The van der Waals surface area contributed by atoms with E-state index in [4.69, 9.17) is 15.9 Å². The van der Waals surface area contributed by atoms with Gasteiger partial charge in [0, 0.05) is 29.1 Å². The summed E-state index contributed by atoms with van der Waals surface area (Å²) >= 11 is 0. The van der Waals surface area contributed by atoms with Crippen LogP contribution in [0.25, 0.3) is 11.1 Å². The van der Waals surface area contributed by atoms with Gasteiger partial charge in [-0.15, -0.1) is 0 Å². The van der Waals surface area contributed by atoms with E-state index in [1.54, 1.807) is 17.0 Å². The van der Waals surface area contributed by atoms with Gasteiger partial charge in [-0.2, -0.15) is 0 Å². The summed E-state index contributed by atoms with van der Waals surface area (Å²) in [4.78, 5) is 26.2. The number of esters is 1. The predicted molar refractivity (Wildman–Crippen MR) is 105 cm³/mol. The fraction of sp³-hybridized carbons (Fsp3) is 0.316. The first-order chi connectivity index (χ1) is 14.8. The molecule has 2 heterocycles. The zero-order valence-corrected chi connectivity index (χ0v) is 16.2. The number of rotatable bonds is 9. The Morgan fingerprint density at radius 2 is 2.00 bits per heavy atom. The summed E-state index contributed by atoms with van der Waals surface area (Å²) < 4.78 is 43.8. The van der Waals surface area contributed by atoms with Gasteiger partial charge in [-0.3, -0.25) is 10.2 Å². The SMILES string of the molecule is N=C(N)CC(=O)OCc1cccc(-c2cnc(N3CC(=NOCC(F)F)C3)nc2)c1F. The standard InChI is InChI=1S/C19H19F3N6O3/c20-15(21)10-31-27-13-7-28(8-13)19-25-5-12(6-26-19)14-3-1-2-11(18(14)22)9-30-17(29)4-16(23)24/h1-3,5-6,15H,4,7-10H2,(H3,23,24). The number of nitrogens with two attached hydrogens (primary N) is 1. The number of benzene rings is 1. The van der Waals surface area contributed by atoms with Crippen LogP contribution in [0.1, 0.15) is 12.0 Å². The molecule has 3 rings (SSSR count). The number of alkyl halides is 2. The Kier molecular flexibility index (Phi) is 7.00. The lowest BCUT2D eigenvalue weighted by Crippen LogP contribution is -2.48. The molecule has 0 radical (unpaired) electrons. The van der Waals surface area contributed by atoms with Crippen molar-refractivity contribution in [3.8, 4) is 11.1 Å². The highest BCUT2D eigenvalue weighted by molar-refractivity contribution is 5.98. The number of halogens is 3. The number of carbonyl (C=O) groups excluding carboxylic acids is 1. The van der Waals surface area contributed by atoms with Crippen LogP contribution < -0.4 is 10.6 Å². The van der Waals surface area contributed by atoms with Gasteiger partial charge >= 0.3 is 5.97 Å². The van der Waals surface area contributed by atoms with Crippen molar-refractivity contribution in [3.63, 3.8) is 0 Å². The highest BCUT2D eigenvalue weighted by atomic mass is 19.3. The topological polar surface area (TPSA) is 127 Å². The Morgan fingerprint density at radius 3 is 2.65 bits per heavy atom. The number of amidine groups is 1. The number of aromatic nitrogens is 2. The third-order valence-corrected chi connectivity index (χ3v) is 4.18. The number of nitrogens with one attached hydrogen (secondary N) is 1. The Bertz CT molecular complexity index is 976. The quantitative estimate of drug-likeness (QED) is 0.267. The van der Waals surface area contributed by atoms with Crippen molar-refractivity contribution in [3.05, 3.63) is 42.0 Å². The van der Waals surface area contributed by atoms with Crippen LogP contribution in [0.5, 0.6) is 0 Å². The summed E-state index contributed by atoms with van der Waals surface area (Å²) in [7, 11) is 0. The highest BCUT2D eigenvalue weighted by Crippen LogP contribution is 2.26. The van der Waals surface area contributed by atoms with Gasteiger partial charge in [0.1, 0.15) is 24.7 Å². The lowest BCUT2D eigenvalue weighted by atomic mass is 10.1. The fourth-order valence-corrected chi connectivity index (χ4v) is 2.68. The van der Waals surface area contributed by atoms with E-state index < -0.39 is 24.8 Å². The van der Waals surface area contributed by atoms with Crippen LogP contribution in [0.3, 0.4) is 0 Å². The maximum atomic E-state index is 14.8. The number of ether oxygens (including phenoxy) is 1. The van der Waals surface area contributed by atoms with E-state index >= 15 is 0 Å². The normalized spacial score (nSPS) is 13.0.